The molecule has 0 unspecified atom stereocenters. The standard InChI is InChI=1S/C8H10ClNO/c1-10-8-4-7(9)3-2-6(8)5-11/h2-4,10-11H,5H2,1H3. The van der Waals surface area contributed by atoms with Gasteiger partial charge in [-0.2, -0.15) is 0 Å². The van der Waals surface area contributed by atoms with Gasteiger partial charge in [0.05, 0.1) is 6.61 Å². The number of benzene rings is 1. The lowest BCUT2D eigenvalue weighted by molar-refractivity contribution is 0.282. The van der Waals surface area contributed by atoms with E-state index in [-0.39, 0.29) is 6.61 Å². The summed E-state index contributed by atoms with van der Waals surface area (Å²) in [5.41, 5.74) is 1.73. The van der Waals surface area contributed by atoms with Crippen molar-refractivity contribution in [1.29, 1.82) is 0 Å². The fourth-order valence-corrected chi connectivity index (χ4v) is 1.09. The van der Waals surface area contributed by atoms with Gasteiger partial charge in [-0.1, -0.05) is 17.7 Å². The molecule has 0 saturated carbocycles. The van der Waals surface area contributed by atoms with E-state index in [1.807, 2.05) is 0 Å². The van der Waals surface area contributed by atoms with Gasteiger partial charge in [-0.25, -0.2) is 0 Å². The number of halogens is 1. The van der Waals surface area contributed by atoms with E-state index in [0.717, 1.165) is 11.3 Å². The summed E-state index contributed by atoms with van der Waals surface area (Å²) in [5.74, 6) is 0. The lowest BCUT2D eigenvalue weighted by atomic mass is 10.2. The average molecular weight is 172 g/mol. The number of nitrogens with one attached hydrogen (secondary N) is 1. The zero-order valence-electron chi connectivity index (χ0n) is 6.26. The Labute approximate surface area is 70.8 Å². The van der Waals surface area contributed by atoms with Crippen molar-refractivity contribution in [2.45, 2.75) is 6.61 Å². The number of aliphatic hydroxyl groups is 1. The molecule has 0 atom stereocenters. The predicted molar refractivity (Wildman–Crippen MR) is 46.9 cm³/mol. The summed E-state index contributed by atoms with van der Waals surface area (Å²) in [4.78, 5) is 0. The lowest BCUT2D eigenvalue weighted by Crippen LogP contribution is -1.94. The van der Waals surface area contributed by atoms with E-state index < -0.39 is 0 Å². The van der Waals surface area contributed by atoms with E-state index in [4.69, 9.17) is 16.7 Å². The number of hydrogen-bond acceptors (Lipinski definition) is 2. The molecule has 0 aromatic heterocycles. The lowest BCUT2D eigenvalue weighted by Gasteiger charge is -2.05. The quantitative estimate of drug-likeness (QED) is 0.712. The Morgan fingerprint density at radius 2 is 2.27 bits per heavy atom. The largest absolute Gasteiger partial charge is 0.392 e. The van der Waals surface area contributed by atoms with Crippen LogP contribution in [0.4, 0.5) is 5.69 Å². The Hall–Kier alpha value is -0.730. The van der Waals surface area contributed by atoms with Gasteiger partial charge in [0, 0.05) is 23.3 Å². The third kappa shape index (κ3) is 1.85. The van der Waals surface area contributed by atoms with Crippen molar-refractivity contribution in [3.63, 3.8) is 0 Å². The Kier molecular flexibility index (Phi) is 2.74. The van der Waals surface area contributed by atoms with Crippen LogP contribution in [0.15, 0.2) is 18.2 Å². The molecule has 3 heteroatoms. The van der Waals surface area contributed by atoms with Crippen LogP contribution in [-0.4, -0.2) is 12.2 Å². The van der Waals surface area contributed by atoms with Crippen molar-refractivity contribution >= 4 is 17.3 Å². The summed E-state index contributed by atoms with van der Waals surface area (Å²) >= 11 is 5.73. The van der Waals surface area contributed by atoms with Crippen molar-refractivity contribution in [3.8, 4) is 0 Å². The Bertz CT molecular complexity index is 250. The van der Waals surface area contributed by atoms with Crippen LogP contribution >= 0.6 is 11.6 Å². The topological polar surface area (TPSA) is 32.3 Å². The number of hydrogen-bond donors (Lipinski definition) is 2. The minimum Gasteiger partial charge on any atom is -0.392 e. The minimum absolute atomic E-state index is 0.0351. The SMILES string of the molecule is CNc1cc(Cl)ccc1CO. The summed E-state index contributed by atoms with van der Waals surface area (Å²) in [6, 6.07) is 5.34. The van der Waals surface area contributed by atoms with Gasteiger partial charge < -0.3 is 10.4 Å². The first-order valence-electron chi connectivity index (χ1n) is 3.35. The first-order chi connectivity index (χ1) is 5.27. The smallest absolute Gasteiger partial charge is 0.0701 e. The van der Waals surface area contributed by atoms with Crippen LogP contribution in [0.5, 0.6) is 0 Å². The number of anilines is 1. The van der Waals surface area contributed by atoms with Gasteiger partial charge in [0.25, 0.3) is 0 Å². The highest BCUT2D eigenvalue weighted by Crippen LogP contribution is 2.20. The van der Waals surface area contributed by atoms with Gasteiger partial charge in [0.1, 0.15) is 0 Å². The van der Waals surface area contributed by atoms with E-state index in [9.17, 15) is 0 Å². The monoisotopic (exact) mass is 171 g/mol. The predicted octanol–water partition coefficient (Wildman–Crippen LogP) is 1.87. The van der Waals surface area contributed by atoms with Crippen LogP contribution < -0.4 is 5.32 Å². The molecule has 0 radical (unpaired) electrons. The van der Waals surface area contributed by atoms with E-state index in [2.05, 4.69) is 5.32 Å². The first-order valence-corrected chi connectivity index (χ1v) is 3.72. The Morgan fingerprint density at radius 3 is 2.82 bits per heavy atom. The molecule has 0 spiro atoms. The third-order valence-corrected chi connectivity index (χ3v) is 1.75. The molecule has 0 bridgehead atoms. The van der Waals surface area contributed by atoms with Gasteiger partial charge in [0.15, 0.2) is 0 Å². The normalized spacial score (nSPS) is 9.73. The molecule has 0 amide bonds. The maximum Gasteiger partial charge on any atom is 0.0701 e. The van der Waals surface area contributed by atoms with Crippen molar-refractivity contribution in [2.75, 3.05) is 12.4 Å². The van der Waals surface area contributed by atoms with Crippen LogP contribution in [0.25, 0.3) is 0 Å². The Balaban J connectivity index is 3.06. The zero-order valence-corrected chi connectivity index (χ0v) is 7.02. The van der Waals surface area contributed by atoms with Gasteiger partial charge >= 0.3 is 0 Å². The van der Waals surface area contributed by atoms with E-state index in [1.54, 1.807) is 25.2 Å². The second-order valence-corrected chi connectivity index (χ2v) is 2.65. The molecule has 0 aliphatic rings. The van der Waals surface area contributed by atoms with Crippen LogP contribution in [0.2, 0.25) is 5.02 Å². The van der Waals surface area contributed by atoms with Crippen LogP contribution in [0.3, 0.4) is 0 Å². The first kappa shape index (κ1) is 8.37. The summed E-state index contributed by atoms with van der Waals surface area (Å²) in [7, 11) is 1.80. The van der Waals surface area contributed by atoms with Gasteiger partial charge in [-0.15, -0.1) is 0 Å². The Morgan fingerprint density at radius 1 is 1.55 bits per heavy atom. The molecule has 0 heterocycles. The molecule has 1 aromatic carbocycles. The highest BCUT2D eigenvalue weighted by atomic mass is 35.5. The summed E-state index contributed by atoms with van der Waals surface area (Å²) in [6.07, 6.45) is 0. The molecule has 11 heavy (non-hydrogen) atoms. The minimum atomic E-state index is 0.0351. The van der Waals surface area contributed by atoms with Crippen molar-refractivity contribution in [1.82, 2.24) is 0 Å². The maximum absolute atomic E-state index is 8.86. The molecule has 0 fully saturated rings. The maximum atomic E-state index is 8.86. The van der Waals surface area contributed by atoms with Crippen molar-refractivity contribution < 1.29 is 5.11 Å². The fourth-order valence-electron chi connectivity index (χ4n) is 0.919. The van der Waals surface area contributed by atoms with Gasteiger partial charge in [-0.3, -0.25) is 0 Å². The van der Waals surface area contributed by atoms with Crippen molar-refractivity contribution in [3.05, 3.63) is 28.8 Å². The molecule has 1 aromatic rings. The fraction of sp³-hybridized carbons (Fsp3) is 0.250. The molecule has 0 aliphatic carbocycles. The third-order valence-electron chi connectivity index (χ3n) is 1.51. The molecule has 0 aliphatic heterocycles. The average Bonchev–Trinajstić information content (AvgIpc) is 2.04. The molecular weight excluding hydrogens is 162 g/mol. The van der Waals surface area contributed by atoms with Crippen molar-refractivity contribution in [2.24, 2.45) is 0 Å². The molecule has 2 N–H and O–H groups in total. The highest BCUT2D eigenvalue weighted by molar-refractivity contribution is 6.30. The molecule has 2 nitrogen and oxygen atoms in total. The molecule has 1 rings (SSSR count). The summed E-state index contributed by atoms with van der Waals surface area (Å²) in [5, 5.41) is 12.5. The second-order valence-electron chi connectivity index (χ2n) is 2.21. The second kappa shape index (κ2) is 3.60. The van der Waals surface area contributed by atoms with Gasteiger partial charge in [0.2, 0.25) is 0 Å². The van der Waals surface area contributed by atoms with Gasteiger partial charge in [-0.05, 0) is 12.1 Å². The van der Waals surface area contributed by atoms with E-state index in [1.165, 1.54) is 0 Å². The highest BCUT2D eigenvalue weighted by Gasteiger charge is 1.98. The van der Waals surface area contributed by atoms with Crippen LogP contribution in [0, 0.1) is 0 Å². The van der Waals surface area contributed by atoms with Crippen LogP contribution in [0.1, 0.15) is 5.56 Å². The van der Waals surface area contributed by atoms with Crippen LogP contribution in [-0.2, 0) is 6.61 Å². The number of aliphatic hydroxyl groups excluding tert-OH is 1. The molecular formula is C8H10ClNO. The van der Waals surface area contributed by atoms with E-state index in [0.29, 0.717) is 5.02 Å². The molecule has 60 valence electrons. The number of rotatable bonds is 2. The summed E-state index contributed by atoms with van der Waals surface area (Å²) in [6.45, 7) is 0.0351. The summed E-state index contributed by atoms with van der Waals surface area (Å²) < 4.78 is 0. The molecule has 0 saturated heterocycles. The zero-order chi connectivity index (χ0) is 8.27. The van der Waals surface area contributed by atoms with E-state index >= 15 is 0 Å².